The molecule has 0 fully saturated rings. The zero-order chi connectivity index (χ0) is 13.1. The van der Waals surface area contributed by atoms with Crippen LogP contribution in [0.5, 0.6) is 11.5 Å². The van der Waals surface area contributed by atoms with Gasteiger partial charge in [0.15, 0.2) is 0 Å². The fourth-order valence-electron chi connectivity index (χ4n) is 2.40. The summed E-state index contributed by atoms with van der Waals surface area (Å²) in [6, 6.07) is 15.6. The fourth-order valence-corrected chi connectivity index (χ4v) is 2.40. The van der Waals surface area contributed by atoms with Gasteiger partial charge < -0.3 is 9.84 Å². The second kappa shape index (κ2) is 5.33. The largest absolute Gasteiger partial charge is 0.508 e. The van der Waals surface area contributed by atoms with Crippen molar-refractivity contribution in [1.29, 1.82) is 0 Å². The van der Waals surface area contributed by atoms with E-state index in [2.05, 4.69) is 11.0 Å². The highest BCUT2D eigenvalue weighted by atomic mass is 16.5. The summed E-state index contributed by atoms with van der Waals surface area (Å²) in [6.45, 7) is 3.14. The van der Waals surface area contributed by atoms with Crippen LogP contribution in [0.2, 0.25) is 0 Å². The van der Waals surface area contributed by atoms with E-state index < -0.39 is 0 Å². The minimum absolute atomic E-state index is 0.362. The monoisotopic (exact) mass is 255 g/mol. The van der Waals surface area contributed by atoms with Crippen molar-refractivity contribution >= 4 is 0 Å². The first-order chi connectivity index (χ1) is 9.33. The van der Waals surface area contributed by atoms with Crippen LogP contribution in [-0.2, 0) is 13.1 Å². The molecule has 0 radical (unpaired) electrons. The van der Waals surface area contributed by atoms with Crippen molar-refractivity contribution in [3.05, 3.63) is 59.7 Å². The number of ether oxygens (including phenoxy) is 1. The molecule has 0 spiro atoms. The Hall–Kier alpha value is -2.00. The Bertz CT molecular complexity index is 568. The molecule has 1 aliphatic rings. The van der Waals surface area contributed by atoms with E-state index in [0.717, 1.165) is 30.9 Å². The molecule has 19 heavy (non-hydrogen) atoms. The topological polar surface area (TPSA) is 32.7 Å². The third kappa shape index (κ3) is 2.71. The summed E-state index contributed by atoms with van der Waals surface area (Å²) >= 11 is 0. The van der Waals surface area contributed by atoms with E-state index >= 15 is 0 Å². The van der Waals surface area contributed by atoms with Crippen molar-refractivity contribution in [1.82, 2.24) is 4.90 Å². The molecule has 0 saturated heterocycles. The predicted octanol–water partition coefficient (Wildman–Crippen LogP) is 2.79. The number of para-hydroxylation sites is 2. The summed E-state index contributed by atoms with van der Waals surface area (Å²) in [4.78, 5) is 2.29. The molecule has 1 N–H and O–H groups in total. The molecule has 0 atom stereocenters. The van der Waals surface area contributed by atoms with Crippen LogP contribution in [-0.4, -0.2) is 23.2 Å². The molecule has 2 aromatic carbocycles. The van der Waals surface area contributed by atoms with Crippen LogP contribution >= 0.6 is 0 Å². The van der Waals surface area contributed by atoms with Gasteiger partial charge in [-0.2, -0.15) is 0 Å². The minimum Gasteiger partial charge on any atom is -0.508 e. The maximum atomic E-state index is 9.85. The van der Waals surface area contributed by atoms with Crippen LogP contribution in [0.1, 0.15) is 11.1 Å². The highest BCUT2D eigenvalue weighted by Crippen LogP contribution is 2.25. The van der Waals surface area contributed by atoms with Gasteiger partial charge in [0, 0.05) is 30.8 Å². The lowest BCUT2D eigenvalue weighted by molar-refractivity contribution is 0.217. The predicted molar refractivity (Wildman–Crippen MR) is 74.2 cm³/mol. The van der Waals surface area contributed by atoms with Crippen LogP contribution in [0.3, 0.4) is 0 Å². The van der Waals surface area contributed by atoms with Crippen LogP contribution in [0.25, 0.3) is 0 Å². The van der Waals surface area contributed by atoms with Gasteiger partial charge in [0.1, 0.15) is 18.1 Å². The number of fused-ring (bicyclic) bond motifs is 1. The molecule has 2 aromatic rings. The molecule has 0 amide bonds. The maximum absolute atomic E-state index is 9.85. The van der Waals surface area contributed by atoms with Crippen LogP contribution < -0.4 is 4.74 Å². The average molecular weight is 255 g/mol. The quantitative estimate of drug-likeness (QED) is 0.895. The van der Waals surface area contributed by atoms with Gasteiger partial charge >= 0.3 is 0 Å². The molecule has 0 aliphatic carbocycles. The molecule has 98 valence electrons. The zero-order valence-corrected chi connectivity index (χ0v) is 10.7. The molecule has 3 nitrogen and oxygen atoms in total. The molecular weight excluding hydrogens is 238 g/mol. The SMILES string of the molecule is Oc1ccccc1CN1CCOc2ccccc2C1. The van der Waals surface area contributed by atoms with Gasteiger partial charge in [-0.25, -0.2) is 0 Å². The standard InChI is InChI=1S/C16H17NO2/c18-15-7-3-1-5-13(15)11-17-9-10-19-16-8-4-2-6-14(16)12-17/h1-8,18H,9-12H2. The minimum atomic E-state index is 0.362. The lowest BCUT2D eigenvalue weighted by Crippen LogP contribution is -2.25. The molecule has 3 rings (SSSR count). The number of aromatic hydroxyl groups is 1. The van der Waals surface area contributed by atoms with Gasteiger partial charge in [-0.15, -0.1) is 0 Å². The average Bonchev–Trinajstić information content (AvgIpc) is 2.63. The van der Waals surface area contributed by atoms with Gasteiger partial charge in [-0.3, -0.25) is 4.90 Å². The summed E-state index contributed by atoms with van der Waals surface area (Å²) in [7, 11) is 0. The summed E-state index contributed by atoms with van der Waals surface area (Å²) in [5.74, 6) is 1.34. The van der Waals surface area contributed by atoms with E-state index in [0.29, 0.717) is 12.4 Å². The summed E-state index contributed by atoms with van der Waals surface area (Å²) < 4.78 is 5.74. The van der Waals surface area contributed by atoms with Gasteiger partial charge in [-0.1, -0.05) is 36.4 Å². The van der Waals surface area contributed by atoms with E-state index in [1.165, 1.54) is 5.56 Å². The molecule has 3 heteroatoms. The second-order valence-corrected chi connectivity index (χ2v) is 4.80. The first-order valence-corrected chi connectivity index (χ1v) is 6.53. The highest BCUT2D eigenvalue weighted by Gasteiger charge is 2.15. The number of nitrogens with zero attached hydrogens (tertiary/aromatic N) is 1. The smallest absolute Gasteiger partial charge is 0.123 e. The van der Waals surface area contributed by atoms with Crippen molar-refractivity contribution in [2.45, 2.75) is 13.1 Å². The summed E-state index contributed by atoms with van der Waals surface area (Å²) in [5.41, 5.74) is 2.16. The van der Waals surface area contributed by atoms with Crippen LogP contribution in [0.4, 0.5) is 0 Å². The van der Waals surface area contributed by atoms with Crippen molar-refractivity contribution < 1.29 is 9.84 Å². The number of rotatable bonds is 2. The first kappa shape index (κ1) is 12.1. The highest BCUT2D eigenvalue weighted by molar-refractivity contribution is 5.35. The Morgan fingerprint density at radius 3 is 2.74 bits per heavy atom. The number of hydrogen-bond acceptors (Lipinski definition) is 3. The Kier molecular flexibility index (Phi) is 3.38. The van der Waals surface area contributed by atoms with E-state index in [1.807, 2.05) is 36.4 Å². The first-order valence-electron chi connectivity index (χ1n) is 6.53. The maximum Gasteiger partial charge on any atom is 0.123 e. The van der Waals surface area contributed by atoms with E-state index in [4.69, 9.17) is 4.74 Å². The molecule has 0 saturated carbocycles. The molecule has 1 heterocycles. The summed E-state index contributed by atoms with van der Waals surface area (Å²) in [5, 5.41) is 9.85. The van der Waals surface area contributed by atoms with Crippen molar-refractivity contribution in [2.75, 3.05) is 13.2 Å². The fraction of sp³-hybridized carbons (Fsp3) is 0.250. The van der Waals surface area contributed by atoms with Crippen LogP contribution in [0, 0.1) is 0 Å². The van der Waals surface area contributed by atoms with Gasteiger partial charge in [0.2, 0.25) is 0 Å². The van der Waals surface area contributed by atoms with Crippen molar-refractivity contribution in [3.63, 3.8) is 0 Å². The number of hydrogen-bond donors (Lipinski definition) is 1. The van der Waals surface area contributed by atoms with E-state index in [-0.39, 0.29) is 0 Å². The molecule has 1 aliphatic heterocycles. The Morgan fingerprint density at radius 2 is 1.84 bits per heavy atom. The third-order valence-electron chi connectivity index (χ3n) is 3.42. The van der Waals surface area contributed by atoms with Gasteiger partial charge in [0.25, 0.3) is 0 Å². The lowest BCUT2D eigenvalue weighted by Gasteiger charge is -2.19. The van der Waals surface area contributed by atoms with E-state index in [9.17, 15) is 5.11 Å². The number of phenols is 1. The number of benzene rings is 2. The lowest BCUT2D eigenvalue weighted by atomic mass is 10.1. The van der Waals surface area contributed by atoms with Gasteiger partial charge in [-0.05, 0) is 12.1 Å². The molecule has 0 aromatic heterocycles. The Balaban J connectivity index is 1.78. The molecule has 0 bridgehead atoms. The normalized spacial score (nSPS) is 15.4. The third-order valence-corrected chi connectivity index (χ3v) is 3.42. The Morgan fingerprint density at radius 1 is 1.05 bits per heavy atom. The summed E-state index contributed by atoms with van der Waals surface area (Å²) in [6.07, 6.45) is 0. The second-order valence-electron chi connectivity index (χ2n) is 4.80. The molecular formula is C16H17NO2. The number of phenolic OH excluding ortho intramolecular Hbond substituents is 1. The van der Waals surface area contributed by atoms with E-state index in [1.54, 1.807) is 6.07 Å². The van der Waals surface area contributed by atoms with Crippen molar-refractivity contribution in [3.8, 4) is 11.5 Å². The van der Waals surface area contributed by atoms with Crippen molar-refractivity contribution in [2.24, 2.45) is 0 Å². The molecule has 0 unspecified atom stereocenters. The van der Waals surface area contributed by atoms with Crippen LogP contribution in [0.15, 0.2) is 48.5 Å². The zero-order valence-electron chi connectivity index (χ0n) is 10.7. The van der Waals surface area contributed by atoms with Gasteiger partial charge in [0.05, 0.1) is 0 Å². The Labute approximate surface area is 113 Å².